The van der Waals surface area contributed by atoms with Gasteiger partial charge in [-0.25, -0.2) is 12.7 Å². The number of allylic oxidation sites excluding steroid dienone is 3. The highest BCUT2D eigenvalue weighted by Crippen LogP contribution is 2.76. The Hall–Kier alpha value is -1.96. The molecular weight excluding hydrogens is 629 g/mol. The maximum Gasteiger partial charge on any atom is 0.298 e. The molecule has 1 aromatic carbocycles. The second kappa shape index (κ2) is 12.3. The van der Waals surface area contributed by atoms with Crippen molar-refractivity contribution in [3.05, 3.63) is 48.1 Å². The number of fused-ring (bicyclic) bond motifs is 7. The number of hydrogen-bond acceptors (Lipinski definition) is 5. The average Bonchev–Trinajstić information content (AvgIpc) is 3.43. The van der Waals surface area contributed by atoms with Crippen molar-refractivity contribution < 1.29 is 17.9 Å². The van der Waals surface area contributed by atoms with E-state index in [2.05, 4.69) is 71.6 Å². The van der Waals surface area contributed by atoms with E-state index in [4.69, 9.17) is 4.74 Å². The number of carbonyl (C=O) groups is 1. The molecule has 0 radical (unpaired) electrons. The van der Waals surface area contributed by atoms with Crippen LogP contribution in [0.1, 0.15) is 118 Å². The van der Waals surface area contributed by atoms with E-state index in [-0.39, 0.29) is 27.2 Å². The van der Waals surface area contributed by atoms with Crippen molar-refractivity contribution in [2.75, 3.05) is 25.4 Å². The molecule has 7 rings (SSSR count). The number of rotatable bonds is 8. The Morgan fingerprint density at radius 1 is 0.959 bits per heavy atom. The lowest BCUT2D eigenvalue weighted by Crippen LogP contribution is -2.68. The van der Waals surface area contributed by atoms with Gasteiger partial charge in [-0.15, -0.1) is 0 Å². The third-order valence-corrected chi connectivity index (χ3v) is 18.2. The van der Waals surface area contributed by atoms with Crippen molar-refractivity contribution in [1.82, 2.24) is 9.62 Å². The van der Waals surface area contributed by atoms with Gasteiger partial charge in [0.2, 0.25) is 10.0 Å². The number of benzene rings is 1. The number of nitrogens with one attached hydrogen (secondary N) is 1. The zero-order chi connectivity index (χ0) is 35.0. The third-order valence-electron chi connectivity index (χ3n) is 16.3. The maximum atomic E-state index is 12.8. The number of carbonyl (C=O) groups excluding carboxylic acids is 1. The van der Waals surface area contributed by atoms with Gasteiger partial charge in [0.05, 0.1) is 5.75 Å². The smallest absolute Gasteiger partial charge is 0.298 e. The standard InChI is InChI=1S/C42H62N2O4S/c1-29(2)32-16-21-42(43-24-26-44-25-8-9-27-49(44,46)47)23-22-40(6)34(37(32)42)14-15-36-39(5)19-17-33(30-10-12-31(13-11-30)48-28-45)38(3,4)35(39)18-20-41(36,40)7/h10-13,17,28,32,34-37,43H,1,8-9,14-16,18-27H2,2-7H3/t32-,34+,35-,36+,37+,39-,40+,41+,42-/m0/s1. The first-order chi connectivity index (χ1) is 23.1. The fourth-order valence-corrected chi connectivity index (χ4v) is 15.4. The summed E-state index contributed by atoms with van der Waals surface area (Å²) < 4.78 is 32.4. The molecule has 6 nitrogen and oxygen atoms in total. The van der Waals surface area contributed by atoms with Gasteiger partial charge in [0.15, 0.2) is 0 Å². The molecule has 1 heterocycles. The van der Waals surface area contributed by atoms with Gasteiger partial charge in [-0.2, -0.15) is 0 Å². The lowest BCUT2D eigenvalue weighted by molar-refractivity contribution is -0.219. The van der Waals surface area contributed by atoms with E-state index in [9.17, 15) is 13.2 Å². The number of sulfonamides is 1. The predicted molar refractivity (Wildman–Crippen MR) is 198 cm³/mol. The van der Waals surface area contributed by atoms with Gasteiger partial charge in [0.25, 0.3) is 6.47 Å². The van der Waals surface area contributed by atoms with Crippen molar-refractivity contribution >= 4 is 22.1 Å². The molecule has 49 heavy (non-hydrogen) atoms. The molecular formula is C42H62N2O4S. The van der Waals surface area contributed by atoms with E-state index < -0.39 is 10.0 Å². The van der Waals surface area contributed by atoms with Crippen molar-refractivity contribution in [2.45, 2.75) is 118 Å². The van der Waals surface area contributed by atoms with Gasteiger partial charge in [0.1, 0.15) is 5.75 Å². The van der Waals surface area contributed by atoms with Crippen molar-refractivity contribution in [3.63, 3.8) is 0 Å². The summed E-state index contributed by atoms with van der Waals surface area (Å²) in [6.45, 7) is 22.4. The topological polar surface area (TPSA) is 75.7 Å². The molecule has 0 amide bonds. The minimum atomic E-state index is -3.11. The zero-order valence-corrected chi connectivity index (χ0v) is 32.0. The van der Waals surface area contributed by atoms with Crippen molar-refractivity contribution in [1.29, 1.82) is 0 Å². The molecule has 0 unspecified atom stereocenters. The second-order valence-electron chi connectivity index (χ2n) is 18.5. The van der Waals surface area contributed by atoms with E-state index >= 15 is 0 Å². The summed E-state index contributed by atoms with van der Waals surface area (Å²) in [6.07, 6.45) is 15.4. The van der Waals surface area contributed by atoms with Crippen LogP contribution in [0.4, 0.5) is 0 Å². The molecule has 0 aromatic heterocycles. The SMILES string of the molecule is C=C(C)[C@@H]1CC[C@]2(NCCN3CCCCS3(=O)=O)CC[C@]3(C)[C@H](CC[C@@H]4[C@@]5(C)CC=C(c6ccc(OC=O)cc6)C(C)(C)[C@@H]5CC[C@]43C)[C@@H]12. The zero-order valence-electron chi connectivity index (χ0n) is 31.2. The molecule has 7 heteroatoms. The van der Waals surface area contributed by atoms with Crippen LogP contribution in [0.2, 0.25) is 0 Å². The average molecular weight is 691 g/mol. The molecule has 1 N–H and O–H groups in total. The van der Waals surface area contributed by atoms with Crippen LogP contribution >= 0.6 is 0 Å². The first-order valence-corrected chi connectivity index (χ1v) is 21.0. The molecule has 1 aliphatic heterocycles. The van der Waals surface area contributed by atoms with Crippen LogP contribution in [-0.2, 0) is 14.8 Å². The first kappa shape index (κ1) is 35.4. The van der Waals surface area contributed by atoms with Crippen molar-refractivity contribution in [2.24, 2.45) is 51.2 Å². The van der Waals surface area contributed by atoms with Crippen LogP contribution in [0.3, 0.4) is 0 Å². The van der Waals surface area contributed by atoms with Gasteiger partial charge < -0.3 is 10.1 Å². The van der Waals surface area contributed by atoms with E-state index in [1.165, 1.54) is 68.1 Å². The Balaban J connectivity index is 1.16. The van der Waals surface area contributed by atoms with Gasteiger partial charge in [0, 0.05) is 25.2 Å². The highest BCUT2D eigenvalue weighted by Gasteiger charge is 2.70. The molecule has 0 bridgehead atoms. The molecule has 270 valence electrons. The normalized spacial score (nSPS) is 42.5. The molecule has 5 aliphatic carbocycles. The molecule has 6 aliphatic rings. The van der Waals surface area contributed by atoms with E-state index in [0.717, 1.165) is 25.8 Å². The second-order valence-corrected chi connectivity index (χ2v) is 20.6. The summed E-state index contributed by atoms with van der Waals surface area (Å²) in [4.78, 5) is 10.9. The van der Waals surface area contributed by atoms with Gasteiger partial charge >= 0.3 is 0 Å². The van der Waals surface area contributed by atoms with E-state index in [0.29, 0.717) is 60.7 Å². The molecule has 5 fully saturated rings. The summed E-state index contributed by atoms with van der Waals surface area (Å²) in [7, 11) is -3.11. The lowest BCUT2D eigenvalue weighted by Gasteiger charge is -2.72. The predicted octanol–water partition coefficient (Wildman–Crippen LogP) is 8.64. The Kier molecular flexibility index (Phi) is 8.92. The quantitative estimate of drug-likeness (QED) is 0.218. The Morgan fingerprint density at radius 3 is 2.41 bits per heavy atom. The fraction of sp³-hybridized carbons (Fsp3) is 0.738. The van der Waals surface area contributed by atoms with Crippen LogP contribution in [0.5, 0.6) is 5.75 Å². The van der Waals surface area contributed by atoms with Gasteiger partial charge in [-0.05, 0) is 152 Å². The Labute approximate surface area is 297 Å². The summed E-state index contributed by atoms with van der Waals surface area (Å²) >= 11 is 0. The monoisotopic (exact) mass is 690 g/mol. The van der Waals surface area contributed by atoms with Gasteiger partial charge in [-0.3, -0.25) is 4.79 Å². The number of ether oxygens (including phenoxy) is 1. The molecule has 1 saturated heterocycles. The summed E-state index contributed by atoms with van der Waals surface area (Å²) in [5.74, 6) is 3.92. The fourth-order valence-electron chi connectivity index (χ4n) is 13.8. The number of hydrogen-bond donors (Lipinski definition) is 1. The minimum Gasteiger partial charge on any atom is -0.429 e. The highest BCUT2D eigenvalue weighted by molar-refractivity contribution is 7.89. The maximum absolute atomic E-state index is 12.8. The lowest BCUT2D eigenvalue weighted by atomic mass is 9.33. The summed E-state index contributed by atoms with van der Waals surface area (Å²) in [6, 6.07) is 8.09. The Morgan fingerprint density at radius 2 is 1.71 bits per heavy atom. The van der Waals surface area contributed by atoms with E-state index in [1.807, 2.05) is 12.1 Å². The van der Waals surface area contributed by atoms with Crippen LogP contribution < -0.4 is 10.1 Å². The molecule has 4 saturated carbocycles. The van der Waals surface area contributed by atoms with Gasteiger partial charge in [-0.1, -0.05) is 65.0 Å². The number of nitrogens with zero attached hydrogens (tertiary/aromatic N) is 1. The van der Waals surface area contributed by atoms with Crippen LogP contribution in [0, 0.1) is 51.2 Å². The molecule has 1 aromatic rings. The molecule has 9 atom stereocenters. The van der Waals surface area contributed by atoms with Crippen molar-refractivity contribution in [3.8, 4) is 5.75 Å². The summed E-state index contributed by atoms with van der Waals surface area (Å²) in [5, 5.41) is 4.12. The molecule has 0 spiro atoms. The van der Waals surface area contributed by atoms with Crippen LogP contribution in [0.25, 0.3) is 5.57 Å². The largest absolute Gasteiger partial charge is 0.429 e. The highest BCUT2D eigenvalue weighted by atomic mass is 32.2. The van der Waals surface area contributed by atoms with Crippen LogP contribution in [0.15, 0.2) is 42.5 Å². The Bertz CT molecular complexity index is 1600. The first-order valence-electron chi connectivity index (χ1n) is 19.4. The van der Waals surface area contributed by atoms with Crippen LogP contribution in [-0.4, -0.2) is 50.1 Å². The minimum absolute atomic E-state index is 0.0447. The summed E-state index contributed by atoms with van der Waals surface area (Å²) in [5.41, 5.74) is 4.93. The third kappa shape index (κ3) is 5.36. The van der Waals surface area contributed by atoms with E-state index in [1.54, 1.807) is 4.31 Å².